The van der Waals surface area contributed by atoms with Gasteiger partial charge >= 0.3 is 6.03 Å². The lowest BCUT2D eigenvalue weighted by molar-refractivity contribution is 0.215. The summed E-state index contributed by atoms with van der Waals surface area (Å²) in [5, 5.41) is 3.70. The van der Waals surface area contributed by atoms with Crippen molar-refractivity contribution in [2.24, 2.45) is 0 Å². The summed E-state index contributed by atoms with van der Waals surface area (Å²) in [6.45, 7) is 6.66. The zero-order valence-electron chi connectivity index (χ0n) is 21.2. The molecular weight excluding hydrogens is 478 g/mol. The fourth-order valence-corrected chi connectivity index (χ4v) is 4.55. The van der Waals surface area contributed by atoms with Crippen LogP contribution in [0.1, 0.15) is 29.1 Å². The lowest BCUT2D eigenvalue weighted by atomic mass is 10.0. The van der Waals surface area contributed by atoms with Gasteiger partial charge in [0.25, 0.3) is 0 Å². The van der Waals surface area contributed by atoms with Crippen LogP contribution in [0.25, 0.3) is 0 Å². The van der Waals surface area contributed by atoms with Crippen LogP contribution in [-0.4, -0.2) is 61.3 Å². The molecule has 2 amide bonds. The van der Waals surface area contributed by atoms with E-state index < -0.39 is 0 Å². The van der Waals surface area contributed by atoms with Crippen LogP contribution >= 0.6 is 11.6 Å². The first kappa shape index (κ1) is 25.6. The van der Waals surface area contributed by atoms with Gasteiger partial charge in [0.2, 0.25) is 0 Å². The topological polar surface area (TPSA) is 79.8 Å². The molecule has 1 aliphatic heterocycles. The number of urea groups is 1. The molecule has 190 valence electrons. The highest BCUT2D eigenvalue weighted by Crippen LogP contribution is 2.30. The minimum absolute atomic E-state index is 0.156. The second-order valence-electron chi connectivity index (χ2n) is 8.79. The Hall–Kier alpha value is -3.52. The number of aromatic nitrogens is 2. The summed E-state index contributed by atoms with van der Waals surface area (Å²) in [6, 6.07) is 13.1. The summed E-state index contributed by atoms with van der Waals surface area (Å²) in [5.74, 6) is 2.90. The molecule has 1 saturated heterocycles. The van der Waals surface area contributed by atoms with Gasteiger partial charge in [-0.15, -0.1) is 0 Å². The SMILES string of the molecule is COc1ccc(NC(=O)N2CCCN(c3nc(C)nc(C)c3Cc3ccc(Cl)cc3)CC2)c(OC)c1. The molecule has 2 heterocycles. The molecule has 1 aromatic heterocycles. The van der Waals surface area contributed by atoms with Crippen molar-refractivity contribution in [2.75, 3.05) is 50.6 Å². The van der Waals surface area contributed by atoms with Gasteiger partial charge in [0.1, 0.15) is 23.1 Å². The maximum Gasteiger partial charge on any atom is 0.322 e. The number of ether oxygens (including phenoxy) is 2. The summed E-state index contributed by atoms with van der Waals surface area (Å²) in [6.07, 6.45) is 1.55. The standard InChI is InChI=1S/C27H32ClN5O3/c1-18-23(16-20-6-8-21(28)9-7-20)26(30-19(2)29-18)32-12-5-13-33(15-14-32)27(34)31-24-11-10-22(35-3)17-25(24)36-4/h6-11,17H,5,12-16H2,1-4H3,(H,31,34). The van der Waals surface area contributed by atoms with Crippen molar-refractivity contribution in [3.63, 3.8) is 0 Å². The summed E-state index contributed by atoms with van der Waals surface area (Å²) >= 11 is 6.08. The van der Waals surface area contributed by atoms with Crippen LogP contribution < -0.4 is 19.7 Å². The van der Waals surface area contributed by atoms with Crippen molar-refractivity contribution in [3.8, 4) is 11.5 Å². The normalized spacial score (nSPS) is 13.8. The van der Waals surface area contributed by atoms with E-state index in [-0.39, 0.29) is 6.03 Å². The van der Waals surface area contributed by atoms with Gasteiger partial charge in [-0.05, 0) is 50.1 Å². The maximum atomic E-state index is 13.1. The smallest absolute Gasteiger partial charge is 0.322 e. The third kappa shape index (κ3) is 5.99. The van der Waals surface area contributed by atoms with Gasteiger partial charge in [0.15, 0.2) is 0 Å². The maximum absolute atomic E-state index is 13.1. The van der Waals surface area contributed by atoms with E-state index >= 15 is 0 Å². The number of amides is 2. The van der Waals surface area contributed by atoms with Crippen LogP contribution in [0, 0.1) is 13.8 Å². The Morgan fingerprint density at radius 1 is 1.00 bits per heavy atom. The predicted octanol–water partition coefficient (Wildman–Crippen LogP) is 5.10. The molecule has 0 radical (unpaired) electrons. The van der Waals surface area contributed by atoms with Crippen molar-refractivity contribution in [1.82, 2.24) is 14.9 Å². The molecular formula is C27H32ClN5O3. The number of hydrogen-bond donors (Lipinski definition) is 1. The van der Waals surface area contributed by atoms with E-state index in [9.17, 15) is 4.79 Å². The molecule has 9 heteroatoms. The summed E-state index contributed by atoms with van der Waals surface area (Å²) in [5.41, 5.74) is 3.83. The van der Waals surface area contributed by atoms with E-state index in [2.05, 4.69) is 15.2 Å². The minimum Gasteiger partial charge on any atom is -0.497 e. The number of methoxy groups -OCH3 is 2. The third-order valence-corrected chi connectivity index (χ3v) is 6.58. The molecule has 36 heavy (non-hydrogen) atoms. The molecule has 0 saturated carbocycles. The fraction of sp³-hybridized carbons (Fsp3) is 0.370. The van der Waals surface area contributed by atoms with Gasteiger partial charge in [-0.1, -0.05) is 23.7 Å². The highest BCUT2D eigenvalue weighted by Gasteiger charge is 2.24. The molecule has 0 bridgehead atoms. The van der Waals surface area contributed by atoms with E-state index in [4.69, 9.17) is 26.1 Å². The zero-order valence-corrected chi connectivity index (χ0v) is 21.9. The van der Waals surface area contributed by atoms with Crippen LogP contribution in [0.2, 0.25) is 5.02 Å². The van der Waals surface area contributed by atoms with Crippen molar-refractivity contribution >= 4 is 29.1 Å². The summed E-state index contributed by atoms with van der Waals surface area (Å²) < 4.78 is 10.7. The molecule has 8 nitrogen and oxygen atoms in total. The molecule has 0 aliphatic carbocycles. The molecule has 4 rings (SSSR count). The first-order valence-corrected chi connectivity index (χ1v) is 12.4. The lowest BCUT2D eigenvalue weighted by Gasteiger charge is -2.26. The zero-order chi connectivity index (χ0) is 25.7. The monoisotopic (exact) mass is 509 g/mol. The van der Waals surface area contributed by atoms with Gasteiger partial charge in [-0.2, -0.15) is 0 Å². The first-order valence-electron chi connectivity index (χ1n) is 12.0. The number of nitrogens with zero attached hydrogens (tertiary/aromatic N) is 4. The predicted molar refractivity (Wildman–Crippen MR) is 143 cm³/mol. The van der Waals surface area contributed by atoms with Crippen LogP contribution in [0.15, 0.2) is 42.5 Å². The van der Waals surface area contributed by atoms with Crippen molar-refractivity contribution in [3.05, 3.63) is 70.1 Å². The molecule has 0 atom stereocenters. The number of benzene rings is 2. The third-order valence-electron chi connectivity index (χ3n) is 6.33. The van der Waals surface area contributed by atoms with Crippen LogP contribution in [0.4, 0.5) is 16.3 Å². The molecule has 1 aliphatic rings. The Kier molecular flexibility index (Phi) is 8.15. The highest BCUT2D eigenvalue weighted by atomic mass is 35.5. The number of anilines is 2. The first-order chi connectivity index (χ1) is 17.4. The fourth-order valence-electron chi connectivity index (χ4n) is 4.42. The van der Waals surface area contributed by atoms with E-state index in [1.807, 2.05) is 43.0 Å². The minimum atomic E-state index is -0.156. The number of nitrogens with one attached hydrogen (secondary N) is 1. The molecule has 1 N–H and O–H groups in total. The Bertz CT molecular complexity index is 1220. The second kappa shape index (κ2) is 11.5. The van der Waals surface area contributed by atoms with E-state index in [0.29, 0.717) is 41.8 Å². The Morgan fingerprint density at radius 2 is 1.78 bits per heavy atom. The number of carbonyl (C=O) groups excluding carboxylic acids is 1. The summed E-state index contributed by atoms with van der Waals surface area (Å²) in [4.78, 5) is 26.7. The lowest BCUT2D eigenvalue weighted by Crippen LogP contribution is -2.38. The number of halogens is 1. The Morgan fingerprint density at radius 3 is 2.50 bits per heavy atom. The molecule has 0 spiro atoms. The molecule has 1 fully saturated rings. The largest absolute Gasteiger partial charge is 0.497 e. The molecule has 2 aromatic carbocycles. The van der Waals surface area contributed by atoms with Gasteiger partial charge < -0.3 is 24.6 Å². The van der Waals surface area contributed by atoms with Crippen molar-refractivity contribution in [2.45, 2.75) is 26.7 Å². The number of aryl methyl sites for hydroxylation is 2. The van der Waals surface area contributed by atoms with Gasteiger partial charge in [0, 0.05) is 54.9 Å². The van der Waals surface area contributed by atoms with Gasteiger partial charge in [0.05, 0.1) is 19.9 Å². The quantitative estimate of drug-likeness (QED) is 0.498. The van der Waals surface area contributed by atoms with Gasteiger partial charge in [-0.3, -0.25) is 0 Å². The number of rotatable bonds is 6. The Balaban J connectivity index is 1.49. The van der Waals surface area contributed by atoms with Crippen LogP contribution in [0.3, 0.4) is 0 Å². The highest BCUT2D eigenvalue weighted by molar-refractivity contribution is 6.30. The molecule has 0 unspecified atom stereocenters. The summed E-state index contributed by atoms with van der Waals surface area (Å²) in [7, 11) is 3.17. The molecule has 3 aromatic rings. The van der Waals surface area contributed by atoms with Crippen LogP contribution in [-0.2, 0) is 6.42 Å². The average Bonchev–Trinajstić information content (AvgIpc) is 3.13. The number of carbonyl (C=O) groups is 1. The van der Waals surface area contributed by atoms with E-state index in [1.165, 1.54) is 0 Å². The van der Waals surface area contributed by atoms with Crippen LogP contribution in [0.5, 0.6) is 11.5 Å². The van der Waals surface area contributed by atoms with Crippen molar-refractivity contribution in [1.29, 1.82) is 0 Å². The van der Waals surface area contributed by atoms with E-state index in [0.717, 1.165) is 47.8 Å². The number of hydrogen-bond acceptors (Lipinski definition) is 6. The van der Waals surface area contributed by atoms with Gasteiger partial charge in [-0.25, -0.2) is 14.8 Å². The second-order valence-corrected chi connectivity index (χ2v) is 9.22. The Labute approximate surface area is 217 Å². The van der Waals surface area contributed by atoms with E-state index in [1.54, 1.807) is 32.4 Å². The van der Waals surface area contributed by atoms with Crippen molar-refractivity contribution < 1.29 is 14.3 Å². The average molecular weight is 510 g/mol.